The Labute approximate surface area is 216 Å². The third-order valence-electron chi connectivity index (χ3n) is 6.56. The maximum atomic E-state index is 14.2. The van der Waals surface area contributed by atoms with Crippen molar-refractivity contribution in [3.8, 4) is 23.0 Å². The normalized spacial score (nSPS) is 16.5. The van der Waals surface area contributed by atoms with E-state index in [2.05, 4.69) is 5.32 Å². The molecule has 1 unspecified atom stereocenters. The number of carbonyl (C=O) groups excluding carboxylic acids is 2. The molecule has 0 spiro atoms. The molecule has 1 aliphatic heterocycles. The molecule has 0 aromatic heterocycles. The van der Waals surface area contributed by atoms with Gasteiger partial charge in [-0.05, 0) is 42.0 Å². The second-order valence-corrected chi connectivity index (χ2v) is 8.77. The number of anilines is 3. The minimum atomic E-state index is -1.35. The summed E-state index contributed by atoms with van der Waals surface area (Å²) in [5.74, 6) is 1.36. The first-order valence-corrected chi connectivity index (χ1v) is 11.7. The average molecular weight is 506 g/mol. The van der Waals surface area contributed by atoms with Gasteiger partial charge in [0.25, 0.3) is 5.91 Å². The molecular formula is C28H31N3O6. The molecule has 3 aromatic rings. The van der Waals surface area contributed by atoms with Gasteiger partial charge in [0.05, 0.1) is 46.2 Å². The highest BCUT2D eigenvalue weighted by Gasteiger charge is 2.59. The zero-order chi connectivity index (χ0) is 26.7. The van der Waals surface area contributed by atoms with Crippen LogP contribution in [0, 0.1) is 0 Å². The number of hydrogen-bond donors (Lipinski definition) is 1. The van der Waals surface area contributed by atoms with Crippen molar-refractivity contribution in [3.05, 3.63) is 66.2 Å². The van der Waals surface area contributed by atoms with Gasteiger partial charge in [-0.25, -0.2) is 0 Å². The minimum Gasteiger partial charge on any atom is -0.497 e. The fourth-order valence-electron chi connectivity index (χ4n) is 4.53. The van der Waals surface area contributed by atoms with Gasteiger partial charge in [0.1, 0.15) is 23.0 Å². The quantitative estimate of drug-likeness (QED) is 0.439. The summed E-state index contributed by atoms with van der Waals surface area (Å²) in [5.41, 5.74) is 1.12. The standard InChI is InChI=1S/C28H31N3O6/c1-30(2)19-9-7-18(8-10-19)28(27(33)29-22-15-20(34-3)11-13-24(22)36-5)17-26(32)31(28)23-16-21(35-4)12-14-25(23)37-6/h7-16H,17H2,1-6H3,(H,29,33). The molecule has 37 heavy (non-hydrogen) atoms. The molecule has 1 atom stereocenters. The number of rotatable bonds is 9. The predicted octanol–water partition coefficient (Wildman–Crippen LogP) is 4.06. The van der Waals surface area contributed by atoms with Crippen molar-refractivity contribution in [1.29, 1.82) is 0 Å². The first-order chi connectivity index (χ1) is 17.8. The number of amides is 2. The van der Waals surface area contributed by atoms with Crippen molar-refractivity contribution in [2.24, 2.45) is 0 Å². The number of carbonyl (C=O) groups is 2. The van der Waals surface area contributed by atoms with Gasteiger partial charge in [0.2, 0.25) is 5.91 Å². The number of ether oxygens (including phenoxy) is 4. The van der Waals surface area contributed by atoms with Crippen molar-refractivity contribution < 1.29 is 28.5 Å². The Bertz CT molecular complexity index is 1310. The van der Waals surface area contributed by atoms with Crippen LogP contribution in [0.15, 0.2) is 60.7 Å². The van der Waals surface area contributed by atoms with Crippen LogP contribution in [0.2, 0.25) is 0 Å². The first-order valence-electron chi connectivity index (χ1n) is 11.7. The van der Waals surface area contributed by atoms with Crippen LogP contribution >= 0.6 is 0 Å². The Kier molecular flexibility index (Phi) is 7.15. The van der Waals surface area contributed by atoms with Crippen molar-refractivity contribution in [3.63, 3.8) is 0 Å². The van der Waals surface area contributed by atoms with Gasteiger partial charge < -0.3 is 29.2 Å². The monoisotopic (exact) mass is 505 g/mol. The van der Waals surface area contributed by atoms with Gasteiger partial charge in [-0.1, -0.05) is 12.1 Å². The Balaban J connectivity index is 1.87. The summed E-state index contributed by atoms with van der Waals surface area (Å²) in [4.78, 5) is 30.9. The largest absolute Gasteiger partial charge is 0.497 e. The highest BCUT2D eigenvalue weighted by atomic mass is 16.5. The molecule has 4 rings (SSSR count). The molecule has 0 bridgehead atoms. The smallest absolute Gasteiger partial charge is 0.256 e. The van der Waals surface area contributed by atoms with Gasteiger partial charge >= 0.3 is 0 Å². The van der Waals surface area contributed by atoms with Gasteiger partial charge in [-0.3, -0.25) is 14.5 Å². The van der Waals surface area contributed by atoms with Gasteiger partial charge in [0.15, 0.2) is 5.54 Å². The van der Waals surface area contributed by atoms with Crippen LogP contribution < -0.4 is 34.1 Å². The van der Waals surface area contributed by atoms with Crippen LogP contribution in [0.25, 0.3) is 0 Å². The number of β-lactam (4-membered cyclic amide) rings is 1. The van der Waals surface area contributed by atoms with Crippen molar-refractivity contribution in [2.75, 3.05) is 57.7 Å². The number of benzene rings is 3. The molecule has 0 aliphatic carbocycles. The lowest BCUT2D eigenvalue weighted by Crippen LogP contribution is -2.67. The highest BCUT2D eigenvalue weighted by Crippen LogP contribution is 2.50. The van der Waals surface area contributed by atoms with E-state index in [9.17, 15) is 9.59 Å². The van der Waals surface area contributed by atoms with E-state index in [0.717, 1.165) is 5.69 Å². The molecule has 2 amide bonds. The molecule has 0 saturated carbocycles. The molecule has 1 N–H and O–H groups in total. The van der Waals surface area contributed by atoms with E-state index in [1.807, 2.05) is 43.3 Å². The SMILES string of the molecule is COc1ccc(OC)c(NC(=O)C2(c3ccc(N(C)C)cc3)CC(=O)N2c2cc(OC)ccc2OC)c1. The topological polar surface area (TPSA) is 89.6 Å². The van der Waals surface area contributed by atoms with E-state index in [0.29, 0.717) is 39.9 Å². The van der Waals surface area contributed by atoms with E-state index in [1.54, 1.807) is 50.6 Å². The third-order valence-corrected chi connectivity index (χ3v) is 6.56. The summed E-state index contributed by atoms with van der Waals surface area (Å²) in [6.07, 6.45) is -0.0349. The van der Waals surface area contributed by atoms with Crippen molar-refractivity contribution >= 4 is 28.9 Å². The number of nitrogens with one attached hydrogen (secondary N) is 1. The molecule has 1 aliphatic rings. The van der Waals surface area contributed by atoms with Crippen LogP contribution in [0.4, 0.5) is 17.1 Å². The molecule has 3 aromatic carbocycles. The maximum absolute atomic E-state index is 14.2. The first kappa shape index (κ1) is 25.7. The summed E-state index contributed by atoms with van der Waals surface area (Å²) in [6, 6.07) is 17.8. The molecule has 9 heteroatoms. The zero-order valence-corrected chi connectivity index (χ0v) is 21.8. The Hall–Kier alpha value is -4.40. The molecule has 0 radical (unpaired) electrons. The summed E-state index contributed by atoms with van der Waals surface area (Å²) in [7, 11) is 10.00. The fraction of sp³-hybridized carbons (Fsp3) is 0.286. The summed E-state index contributed by atoms with van der Waals surface area (Å²) >= 11 is 0. The van der Waals surface area contributed by atoms with E-state index in [4.69, 9.17) is 18.9 Å². The number of hydrogen-bond acceptors (Lipinski definition) is 7. The van der Waals surface area contributed by atoms with E-state index >= 15 is 0 Å². The zero-order valence-electron chi connectivity index (χ0n) is 21.8. The third kappa shape index (κ3) is 4.48. The molecular weight excluding hydrogens is 474 g/mol. The highest BCUT2D eigenvalue weighted by molar-refractivity contribution is 6.17. The number of nitrogens with zero attached hydrogens (tertiary/aromatic N) is 2. The molecule has 1 saturated heterocycles. The van der Waals surface area contributed by atoms with Crippen LogP contribution in [0.5, 0.6) is 23.0 Å². The average Bonchev–Trinajstić information content (AvgIpc) is 2.91. The fourth-order valence-corrected chi connectivity index (χ4v) is 4.53. The van der Waals surface area contributed by atoms with Crippen molar-refractivity contribution in [2.45, 2.75) is 12.0 Å². The van der Waals surface area contributed by atoms with Gasteiger partial charge in [-0.15, -0.1) is 0 Å². The van der Waals surface area contributed by atoms with Crippen LogP contribution in [-0.2, 0) is 15.1 Å². The Morgan fingerprint density at radius 1 is 0.838 bits per heavy atom. The summed E-state index contributed by atoms with van der Waals surface area (Å²) < 4.78 is 21.8. The molecule has 1 heterocycles. The second kappa shape index (κ2) is 10.3. The molecule has 194 valence electrons. The Morgan fingerprint density at radius 2 is 1.43 bits per heavy atom. The van der Waals surface area contributed by atoms with Gasteiger partial charge in [-0.2, -0.15) is 0 Å². The van der Waals surface area contributed by atoms with Crippen LogP contribution in [0.3, 0.4) is 0 Å². The predicted molar refractivity (Wildman–Crippen MR) is 142 cm³/mol. The lowest BCUT2D eigenvalue weighted by molar-refractivity contribution is -0.137. The maximum Gasteiger partial charge on any atom is 0.256 e. The van der Waals surface area contributed by atoms with Gasteiger partial charge in [0, 0.05) is 31.9 Å². The van der Waals surface area contributed by atoms with E-state index in [-0.39, 0.29) is 12.3 Å². The van der Waals surface area contributed by atoms with Crippen LogP contribution in [0.1, 0.15) is 12.0 Å². The second-order valence-electron chi connectivity index (χ2n) is 8.77. The van der Waals surface area contributed by atoms with E-state index in [1.165, 1.54) is 19.1 Å². The minimum absolute atomic E-state index is 0.0349. The summed E-state index contributed by atoms with van der Waals surface area (Å²) in [6.45, 7) is 0. The van der Waals surface area contributed by atoms with Crippen LogP contribution in [-0.4, -0.2) is 54.3 Å². The van der Waals surface area contributed by atoms with E-state index < -0.39 is 11.4 Å². The molecule has 9 nitrogen and oxygen atoms in total. The van der Waals surface area contributed by atoms with Crippen molar-refractivity contribution in [1.82, 2.24) is 0 Å². The summed E-state index contributed by atoms with van der Waals surface area (Å²) in [5, 5.41) is 2.98. The molecule has 1 fully saturated rings. The lowest BCUT2D eigenvalue weighted by atomic mass is 9.75. The number of methoxy groups -OCH3 is 4. The lowest BCUT2D eigenvalue weighted by Gasteiger charge is -2.51. The Morgan fingerprint density at radius 3 is 1.97 bits per heavy atom.